The molecule has 0 fully saturated rings. The normalized spacial score (nSPS) is 14.0. The fourth-order valence-corrected chi connectivity index (χ4v) is 8.37. The van der Waals surface area contributed by atoms with Crippen molar-refractivity contribution in [3.63, 3.8) is 0 Å². The molecule has 0 aliphatic heterocycles. The second kappa shape index (κ2) is 21.9. The van der Waals surface area contributed by atoms with Crippen LogP contribution in [0.5, 0.6) is 0 Å². The number of H-pyrrole nitrogens is 1. The van der Waals surface area contributed by atoms with Crippen LogP contribution in [-0.4, -0.2) is 56.7 Å². The van der Waals surface area contributed by atoms with Gasteiger partial charge in [0, 0.05) is 39.9 Å². The Bertz CT molecular complexity index is 796. The lowest BCUT2D eigenvalue weighted by Gasteiger charge is -2.33. The Hall–Kier alpha value is 0.340. The van der Waals surface area contributed by atoms with Crippen molar-refractivity contribution in [1.29, 1.82) is 0 Å². The van der Waals surface area contributed by atoms with Gasteiger partial charge in [-0.25, -0.2) is 0 Å². The van der Waals surface area contributed by atoms with Gasteiger partial charge in [0.05, 0.1) is 12.2 Å². The highest BCUT2D eigenvalue weighted by Gasteiger charge is 2.28. The highest BCUT2D eigenvalue weighted by Crippen LogP contribution is 2.40. The zero-order chi connectivity index (χ0) is 32.3. The number of aromatic amines is 1. The number of hydrogen-bond donors (Lipinski definition) is 2. The van der Waals surface area contributed by atoms with Crippen LogP contribution in [0.15, 0.2) is 24.4 Å². The lowest BCUT2D eigenvalue weighted by Crippen LogP contribution is -2.27. The molecule has 2 atom stereocenters. The van der Waals surface area contributed by atoms with E-state index in [1.54, 1.807) is 7.11 Å². The summed E-state index contributed by atoms with van der Waals surface area (Å²) in [6.45, 7) is 31.3. The first kappa shape index (κ1) is 43.5. The van der Waals surface area contributed by atoms with E-state index >= 15 is 0 Å². The molecular formula is C34H67NO2S4. The smallest absolute Gasteiger partial charge is 0.103 e. The maximum absolute atomic E-state index is 6.10. The summed E-state index contributed by atoms with van der Waals surface area (Å²) in [6, 6.07) is 5.64. The average Bonchev–Trinajstić information content (AvgIpc) is 2.75. The van der Waals surface area contributed by atoms with Gasteiger partial charge in [-0.3, -0.25) is 0 Å². The third-order valence-electron chi connectivity index (χ3n) is 5.95. The molecule has 1 N–H and O–H groups in total. The van der Waals surface area contributed by atoms with Gasteiger partial charge in [0.2, 0.25) is 0 Å². The molecule has 0 radical (unpaired) electrons. The number of aromatic nitrogens is 1. The van der Waals surface area contributed by atoms with E-state index in [1.807, 2.05) is 24.4 Å². The molecule has 1 heterocycles. The van der Waals surface area contributed by atoms with Gasteiger partial charge in [0.15, 0.2) is 0 Å². The predicted octanol–water partition coefficient (Wildman–Crippen LogP) is 11.5. The molecule has 0 aliphatic rings. The van der Waals surface area contributed by atoms with E-state index < -0.39 is 0 Å². The molecule has 1 aromatic heterocycles. The zero-order valence-electron chi connectivity index (χ0n) is 29.2. The molecule has 1 rings (SSSR count). The van der Waals surface area contributed by atoms with Crippen molar-refractivity contribution < 1.29 is 9.47 Å². The van der Waals surface area contributed by atoms with Gasteiger partial charge < -0.3 is 14.5 Å². The fraction of sp³-hybridized carbons (Fsp3) is 0.853. The number of nitrogens with one attached hydrogen (secondary N) is 1. The summed E-state index contributed by atoms with van der Waals surface area (Å²) in [6.07, 6.45) is 7.75. The molecule has 0 amide bonds. The van der Waals surface area contributed by atoms with Crippen LogP contribution in [-0.2, 0) is 9.47 Å². The Balaban J connectivity index is 0. The number of thioether (sulfide) groups is 2. The molecule has 1 aromatic rings. The molecule has 3 nitrogen and oxygen atoms in total. The molecule has 41 heavy (non-hydrogen) atoms. The zero-order valence-corrected chi connectivity index (χ0v) is 32.5. The number of hydrogen-bond acceptors (Lipinski definition) is 6. The Labute approximate surface area is 275 Å². The maximum Gasteiger partial charge on any atom is 0.103 e. The molecule has 0 spiro atoms. The minimum absolute atomic E-state index is 0.0102. The highest BCUT2D eigenvalue weighted by molar-refractivity contribution is 8.01. The van der Waals surface area contributed by atoms with E-state index in [2.05, 4.69) is 131 Å². The third-order valence-corrected chi connectivity index (χ3v) is 9.20. The second-order valence-corrected chi connectivity index (χ2v) is 19.9. The summed E-state index contributed by atoms with van der Waals surface area (Å²) in [5, 5.41) is 1.14. The van der Waals surface area contributed by atoms with Crippen LogP contribution in [0.25, 0.3) is 0 Å². The molecule has 0 aliphatic carbocycles. The van der Waals surface area contributed by atoms with Crippen LogP contribution in [0.3, 0.4) is 0 Å². The van der Waals surface area contributed by atoms with Crippen LogP contribution < -0.4 is 0 Å². The van der Waals surface area contributed by atoms with Gasteiger partial charge in [0.1, 0.15) is 4.64 Å². The number of rotatable bonds is 16. The third kappa shape index (κ3) is 31.6. The molecule has 2 unspecified atom stereocenters. The summed E-state index contributed by atoms with van der Waals surface area (Å²) >= 11 is 13.6. The first-order valence-corrected chi connectivity index (χ1v) is 18.2. The van der Waals surface area contributed by atoms with Crippen molar-refractivity contribution in [2.75, 3.05) is 26.1 Å². The maximum atomic E-state index is 6.10. The quantitative estimate of drug-likeness (QED) is 0.106. The van der Waals surface area contributed by atoms with Gasteiger partial charge >= 0.3 is 0 Å². The fourth-order valence-electron chi connectivity index (χ4n) is 4.40. The molecule has 0 bridgehead atoms. The summed E-state index contributed by atoms with van der Waals surface area (Å²) in [4.78, 5) is 2.85. The van der Waals surface area contributed by atoms with Crippen molar-refractivity contribution in [3.05, 3.63) is 29.0 Å². The summed E-state index contributed by atoms with van der Waals surface area (Å²) in [5.74, 6) is 1.94. The molecule has 0 saturated heterocycles. The van der Waals surface area contributed by atoms with E-state index in [9.17, 15) is 0 Å². The van der Waals surface area contributed by atoms with Crippen LogP contribution in [0.1, 0.15) is 122 Å². The van der Waals surface area contributed by atoms with Crippen LogP contribution in [0.4, 0.5) is 0 Å². The standard InChI is InChI=1S/C23H48OS3.C6H14O.C5H5NS/c1-18(2)12-14-24-21(5,6)13-11-15-26-22(7,8)17-20(4)27-23(9,10)16-19(3)25;1-6(2,3)5-7-4;7-5-3-1-2-4-6-5/h18-20,25H,11-17H2,1-10H3;5H2,1-4H3;1-4H,(H,6,7). The second-order valence-electron chi connectivity index (χ2n) is 14.7. The van der Waals surface area contributed by atoms with Gasteiger partial charge in [-0.05, 0) is 75.2 Å². The first-order chi connectivity index (χ1) is 18.6. The van der Waals surface area contributed by atoms with Gasteiger partial charge in [-0.1, -0.05) is 94.4 Å². The number of thiol groups is 1. The van der Waals surface area contributed by atoms with Crippen molar-refractivity contribution in [3.8, 4) is 0 Å². The van der Waals surface area contributed by atoms with E-state index in [-0.39, 0.29) is 5.60 Å². The Morgan fingerprint density at radius 3 is 1.93 bits per heavy atom. The average molecular weight is 650 g/mol. The van der Waals surface area contributed by atoms with Crippen molar-refractivity contribution in [1.82, 2.24) is 4.98 Å². The Morgan fingerprint density at radius 1 is 0.927 bits per heavy atom. The summed E-state index contributed by atoms with van der Waals surface area (Å²) in [7, 11) is 1.73. The van der Waals surface area contributed by atoms with Gasteiger partial charge in [0.25, 0.3) is 0 Å². The number of pyridine rings is 1. The van der Waals surface area contributed by atoms with E-state index in [4.69, 9.17) is 21.7 Å². The number of ether oxygens (including phenoxy) is 2. The molecule has 244 valence electrons. The Kier molecular flexibility index (Phi) is 23.3. The molecular weight excluding hydrogens is 583 g/mol. The number of methoxy groups -OCH3 is 1. The van der Waals surface area contributed by atoms with E-state index in [0.717, 1.165) is 43.0 Å². The Morgan fingerprint density at radius 2 is 1.54 bits per heavy atom. The van der Waals surface area contributed by atoms with E-state index in [0.29, 0.717) is 25.4 Å². The highest BCUT2D eigenvalue weighted by atomic mass is 32.2. The van der Waals surface area contributed by atoms with Crippen LogP contribution in [0, 0.1) is 16.0 Å². The van der Waals surface area contributed by atoms with Crippen LogP contribution >= 0.6 is 48.4 Å². The van der Waals surface area contributed by atoms with Gasteiger partial charge in [-0.2, -0.15) is 36.2 Å². The lowest BCUT2D eigenvalue weighted by molar-refractivity contribution is -0.0279. The van der Waals surface area contributed by atoms with E-state index in [1.165, 1.54) is 18.6 Å². The minimum atomic E-state index is 0.0102. The monoisotopic (exact) mass is 649 g/mol. The van der Waals surface area contributed by atoms with Gasteiger partial charge in [-0.15, -0.1) is 0 Å². The van der Waals surface area contributed by atoms with Crippen LogP contribution in [0.2, 0.25) is 0 Å². The lowest BCUT2D eigenvalue weighted by atomic mass is 9.99. The van der Waals surface area contributed by atoms with Crippen molar-refractivity contribution in [2.45, 2.75) is 148 Å². The molecule has 0 saturated carbocycles. The predicted molar refractivity (Wildman–Crippen MR) is 197 cm³/mol. The summed E-state index contributed by atoms with van der Waals surface area (Å²) < 4.78 is 12.4. The SMILES string of the molecule is CC(C)CCOC(C)(C)CCCSC(C)(C)CC(C)SC(C)(C)CC(C)S.COCC(C)(C)C.S=c1cccc[nH]1. The largest absolute Gasteiger partial charge is 0.384 e. The first-order valence-electron chi connectivity index (χ1n) is 15.4. The molecule has 0 aromatic carbocycles. The topological polar surface area (TPSA) is 34.2 Å². The minimum Gasteiger partial charge on any atom is -0.384 e. The molecule has 7 heteroatoms. The van der Waals surface area contributed by atoms with Crippen molar-refractivity contribution in [2.24, 2.45) is 11.3 Å². The summed E-state index contributed by atoms with van der Waals surface area (Å²) in [5.41, 5.74) is 0.338. The van der Waals surface area contributed by atoms with Crippen molar-refractivity contribution >= 4 is 48.4 Å².